The zero-order chi connectivity index (χ0) is 11.4. The number of aromatic amines is 1. The second kappa shape index (κ2) is 5.14. The topological polar surface area (TPSA) is 53.8 Å². The maximum absolute atomic E-state index is 5.47. The van der Waals surface area contributed by atoms with Crippen LogP contribution in [0.25, 0.3) is 10.9 Å². The van der Waals surface area contributed by atoms with E-state index >= 15 is 0 Å². The van der Waals surface area contributed by atoms with Gasteiger partial charge in [0.25, 0.3) is 0 Å². The lowest BCUT2D eigenvalue weighted by atomic mass is 10.1. The Balaban J connectivity index is 2.09. The molecule has 0 bridgehead atoms. The van der Waals surface area contributed by atoms with Gasteiger partial charge in [-0.25, -0.2) is 0 Å². The van der Waals surface area contributed by atoms with Crippen molar-refractivity contribution < 1.29 is 0 Å². The molecule has 0 spiro atoms. The van der Waals surface area contributed by atoms with Crippen LogP contribution in [0.2, 0.25) is 0 Å². The third kappa shape index (κ3) is 2.43. The summed E-state index contributed by atoms with van der Waals surface area (Å²) >= 11 is 0. The van der Waals surface area contributed by atoms with Crippen molar-refractivity contribution in [2.75, 3.05) is 13.1 Å². The summed E-state index contributed by atoms with van der Waals surface area (Å²) in [4.78, 5) is 3.30. The molecule has 3 nitrogen and oxygen atoms in total. The normalized spacial score (nSPS) is 13.1. The van der Waals surface area contributed by atoms with E-state index < -0.39 is 0 Å². The summed E-state index contributed by atoms with van der Waals surface area (Å²) in [5, 5.41) is 4.72. The number of H-pyrrole nitrogens is 1. The summed E-state index contributed by atoms with van der Waals surface area (Å²) in [5.41, 5.74) is 8.05. The van der Waals surface area contributed by atoms with Crippen molar-refractivity contribution in [3.05, 3.63) is 36.0 Å². The lowest BCUT2D eigenvalue weighted by molar-refractivity contribution is 0.554. The van der Waals surface area contributed by atoms with Crippen molar-refractivity contribution in [3.63, 3.8) is 0 Å². The van der Waals surface area contributed by atoms with Crippen LogP contribution in [0.1, 0.15) is 12.5 Å². The summed E-state index contributed by atoms with van der Waals surface area (Å²) in [6.45, 7) is 3.76. The standard InChI is InChI=1S/C13H19N3/c1-10(15-7-6-14)8-11-9-16-13-5-3-2-4-12(11)13/h2-5,9-10,15-16H,6-8,14H2,1H3/t10-/m0/s1. The predicted octanol–water partition coefficient (Wildman–Crippen LogP) is 1.65. The van der Waals surface area contributed by atoms with Crippen molar-refractivity contribution in [2.45, 2.75) is 19.4 Å². The Morgan fingerprint density at radius 3 is 3.00 bits per heavy atom. The molecule has 0 radical (unpaired) electrons. The van der Waals surface area contributed by atoms with Gasteiger partial charge in [0.2, 0.25) is 0 Å². The first-order valence-electron chi connectivity index (χ1n) is 5.79. The number of aromatic nitrogens is 1. The Kier molecular flexibility index (Phi) is 3.59. The highest BCUT2D eigenvalue weighted by atomic mass is 14.9. The second-order valence-electron chi connectivity index (χ2n) is 4.21. The van der Waals surface area contributed by atoms with Crippen LogP contribution in [0, 0.1) is 0 Å². The molecule has 1 aromatic carbocycles. The van der Waals surface area contributed by atoms with Gasteiger partial charge in [-0.3, -0.25) is 0 Å². The molecule has 1 atom stereocenters. The van der Waals surface area contributed by atoms with Crippen molar-refractivity contribution in [1.29, 1.82) is 0 Å². The molecule has 2 aromatic rings. The number of hydrogen-bond acceptors (Lipinski definition) is 2. The highest BCUT2D eigenvalue weighted by Crippen LogP contribution is 2.18. The number of benzene rings is 1. The highest BCUT2D eigenvalue weighted by Gasteiger charge is 2.06. The van der Waals surface area contributed by atoms with Gasteiger partial charge < -0.3 is 16.0 Å². The second-order valence-corrected chi connectivity index (χ2v) is 4.21. The molecule has 0 aliphatic carbocycles. The molecule has 4 N–H and O–H groups in total. The summed E-state index contributed by atoms with van der Waals surface area (Å²) < 4.78 is 0. The summed E-state index contributed by atoms with van der Waals surface area (Å²) in [6, 6.07) is 8.87. The lowest BCUT2D eigenvalue weighted by Gasteiger charge is -2.12. The van der Waals surface area contributed by atoms with Gasteiger partial charge in [0, 0.05) is 36.2 Å². The Hall–Kier alpha value is -1.32. The SMILES string of the molecule is C[C@@H](Cc1c[nH]c2ccccc12)NCCN. The maximum Gasteiger partial charge on any atom is 0.0456 e. The zero-order valence-electron chi connectivity index (χ0n) is 9.66. The molecule has 3 heteroatoms. The Bertz CT molecular complexity index is 447. The van der Waals surface area contributed by atoms with Crippen molar-refractivity contribution in [1.82, 2.24) is 10.3 Å². The van der Waals surface area contributed by atoms with E-state index in [0.29, 0.717) is 12.6 Å². The van der Waals surface area contributed by atoms with Crippen LogP contribution in [-0.4, -0.2) is 24.1 Å². The summed E-state index contributed by atoms with van der Waals surface area (Å²) in [6.07, 6.45) is 3.13. The molecule has 2 rings (SSSR count). The number of fused-ring (bicyclic) bond motifs is 1. The minimum atomic E-state index is 0.461. The van der Waals surface area contributed by atoms with E-state index in [1.807, 2.05) is 0 Å². The van der Waals surface area contributed by atoms with Crippen LogP contribution < -0.4 is 11.1 Å². The smallest absolute Gasteiger partial charge is 0.0456 e. The van der Waals surface area contributed by atoms with E-state index in [-0.39, 0.29) is 0 Å². The average Bonchev–Trinajstić information content (AvgIpc) is 2.70. The number of hydrogen-bond donors (Lipinski definition) is 3. The fourth-order valence-electron chi connectivity index (χ4n) is 2.03. The Labute approximate surface area is 96.0 Å². The molecule has 16 heavy (non-hydrogen) atoms. The van der Waals surface area contributed by atoms with E-state index in [4.69, 9.17) is 5.73 Å². The van der Waals surface area contributed by atoms with E-state index in [1.54, 1.807) is 0 Å². The quantitative estimate of drug-likeness (QED) is 0.713. The van der Waals surface area contributed by atoms with Gasteiger partial charge in [0.15, 0.2) is 0 Å². The molecule has 1 aromatic heterocycles. The van der Waals surface area contributed by atoms with Gasteiger partial charge in [-0.05, 0) is 25.0 Å². The molecule has 0 aliphatic heterocycles. The third-order valence-corrected chi connectivity index (χ3v) is 2.84. The summed E-state index contributed by atoms with van der Waals surface area (Å²) in [5.74, 6) is 0. The molecule has 0 saturated heterocycles. The average molecular weight is 217 g/mol. The van der Waals surface area contributed by atoms with Crippen LogP contribution in [-0.2, 0) is 6.42 Å². The molecule has 0 amide bonds. The molecule has 0 saturated carbocycles. The van der Waals surface area contributed by atoms with E-state index in [1.165, 1.54) is 16.5 Å². The van der Waals surface area contributed by atoms with Crippen LogP contribution >= 0.6 is 0 Å². The highest BCUT2D eigenvalue weighted by molar-refractivity contribution is 5.83. The monoisotopic (exact) mass is 217 g/mol. The van der Waals surface area contributed by atoms with Crippen LogP contribution in [0.15, 0.2) is 30.5 Å². The van der Waals surface area contributed by atoms with Crippen molar-refractivity contribution in [3.8, 4) is 0 Å². The first-order valence-corrected chi connectivity index (χ1v) is 5.79. The Morgan fingerprint density at radius 2 is 2.19 bits per heavy atom. The molecule has 0 unspecified atom stereocenters. The number of nitrogens with two attached hydrogens (primary N) is 1. The third-order valence-electron chi connectivity index (χ3n) is 2.84. The molecule has 86 valence electrons. The molecule has 0 aliphatic rings. The fourth-order valence-corrected chi connectivity index (χ4v) is 2.03. The summed E-state index contributed by atoms with van der Waals surface area (Å²) in [7, 11) is 0. The van der Waals surface area contributed by atoms with E-state index in [2.05, 4.69) is 47.7 Å². The number of nitrogens with one attached hydrogen (secondary N) is 2. The molecule has 1 heterocycles. The first kappa shape index (κ1) is 11.2. The van der Waals surface area contributed by atoms with Gasteiger partial charge in [0.1, 0.15) is 0 Å². The fraction of sp³-hybridized carbons (Fsp3) is 0.385. The molecular formula is C13H19N3. The largest absolute Gasteiger partial charge is 0.361 e. The van der Waals surface area contributed by atoms with Crippen molar-refractivity contribution in [2.24, 2.45) is 5.73 Å². The van der Waals surface area contributed by atoms with Gasteiger partial charge in [0.05, 0.1) is 0 Å². The minimum absolute atomic E-state index is 0.461. The first-order chi connectivity index (χ1) is 7.81. The molecule has 0 fully saturated rings. The molecular weight excluding hydrogens is 198 g/mol. The number of rotatable bonds is 5. The lowest BCUT2D eigenvalue weighted by Crippen LogP contribution is -2.32. The van der Waals surface area contributed by atoms with Crippen LogP contribution in [0.5, 0.6) is 0 Å². The van der Waals surface area contributed by atoms with Gasteiger partial charge in [-0.2, -0.15) is 0 Å². The van der Waals surface area contributed by atoms with Crippen LogP contribution in [0.3, 0.4) is 0 Å². The zero-order valence-corrected chi connectivity index (χ0v) is 9.66. The predicted molar refractivity (Wildman–Crippen MR) is 68.5 cm³/mol. The minimum Gasteiger partial charge on any atom is -0.361 e. The van der Waals surface area contributed by atoms with Gasteiger partial charge >= 0.3 is 0 Å². The Morgan fingerprint density at radius 1 is 1.38 bits per heavy atom. The number of para-hydroxylation sites is 1. The maximum atomic E-state index is 5.47. The van der Waals surface area contributed by atoms with Crippen molar-refractivity contribution >= 4 is 10.9 Å². The van der Waals surface area contributed by atoms with Gasteiger partial charge in [-0.15, -0.1) is 0 Å². The van der Waals surface area contributed by atoms with Gasteiger partial charge in [-0.1, -0.05) is 18.2 Å². The van der Waals surface area contributed by atoms with E-state index in [9.17, 15) is 0 Å². The van der Waals surface area contributed by atoms with Crippen LogP contribution in [0.4, 0.5) is 0 Å². The van der Waals surface area contributed by atoms with E-state index in [0.717, 1.165) is 13.0 Å².